The maximum absolute atomic E-state index is 12.7. The highest BCUT2D eigenvalue weighted by atomic mass is 35.5. The Morgan fingerprint density at radius 1 is 1.19 bits per heavy atom. The summed E-state index contributed by atoms with van der Waals surface area (Å²) in [6.45, 7) is 4.36. The predicted octanol–water partition coefficient (Wildman–Crippen LogP) is 4.46. The van der Waals surface area contributed by atoms with Gasteiger partial charge in [-0.1, -0.05) is 41.9 Å². The molecule has 1 amide bonds. The van der Waals surface area contributed by atoms with Crippen LogP contribution in [0.2, 0.25) is 5.02 Å². The largest absolute Gasteiger partial charge is 0.495 e. The Morgan fingerprint density at radius 3 is 2.58 bits per heavy atom. The number of anilines is 1. The zero-order valence-corrected chi connectivity index (χ0v) is 15.7. The molecule has 3 rings (SSSR count). The van der Waals surface area contributed by atoms with E-state index in [9.17, 15) is 4.79 Å². The average Bonchev–Trinajstić information content (AvgIpc) is 2.89. The Labute approximate surface area is 157 Å². The zero-order chi connectivity index (χ0) is 18.7. The first-order valence-electron chi connectivity index (χ1n) is 8.22. The molecule has 0 saturated carbocycles. The number of nitrogens with zero attached hydrogens (tertiary/aromatic N) is 2. The first-order chi connectivity index (χ1) is 12.5. The standard InChI is InChI=1S/C20H20ClN3O2/c1-13-19(14(2)24(23-13)12-15-7-5-4-6-8-15)20(25)22-16-9-10-18(26-3)17(21)11-16/h4-11H,12H2,1-3H3,(H,22,25). The molecule has 0 bridgehead atoms. The third-order valence-electron chi connectivity index (χ3n) is 4.19. The van der Waals surface area contributed by atoms with Gasteiger partial charge < -0.3 is 10.1 Å². The molecule has 0 atom stereocenters. The van der Waals surface area contributed by atoms with Gasteiger partial charge in [0.1, 0.15) is 5.75 Å². The van der Waals surface area contributed by atoms with Crippen LogP contribution in [0.5, 0.6) is 5.75 Å². The van der Waals surface area contributed by atoms with Gasteiger partial charge in [0.05, 0.1) is 29.9 Å². The molecule has 0 spiro atoms. The second-order valence-electron chi connectivity index (χ2n) is 5.99. The summed E-state index contributed by atoms with van der Waals surface area (Å²) in [5.41, 5.74) is 3.83. The van der Waals surface area contributed by atoms with Crippen LogP contribution >= 0.6 is 11.6 Å². The van der Waals surface area contributed by atoms with Crippen LogP contribution in [0.15, 0.2) is 48.5 Å². The fourth-order valence-electron chi connectivity index (χ4n) is 2.87. The van der Waals surface area contributed by atoms with E-state index in [0.29, 0.717) is 34.3 Å². The van der Waals surface area contributed by atoms with Crippen molar-refractivity contribution in [1.29, 1.82) is 0 Å². The van der Waals surface area contributed by atoms with Crippen molar-refractivity contribution in [3.63, 3.8) is 0 Å². The van der Waals surface area contributed by atoms with E-state index in [-0.39, 0.29) is 5.91 Å². The van der Waals surface area contributed by atoms with Crippen molar-refractivity contribution < 1.29 is 9.53 Å². The fourth-order valence-corrected chi connectivity index (χ4v) is 3.13. The van der Waals surface area contributed by atoms with Crippen LogP contribution in [0.25, 0.3) is 0 Å². The number of halogens is 1. The first-order valence-corrected chi connectivity index (χ1v) is 8.60. The smallest absolute Gasteiger partial charge is 0.259 e. The van der Waals surface area contributed by atoms with Crippen molar-refractivity contribution in [2.24, 2.45) is 0 Å². The molecule has 0 aliphatic heterocycles. The van der Waals surface area contributed by atoms with Crippen LogP contribution < -0.4 is 10.1 Å². The van der Waals surface area contributed by atoms with Crippen LogP contribution in [-0.2, 0) is 6.54 Å². The second kappa shape index (κ2) is 7.62. The van der Waals surface area contributed by atoms with Crippen molar-refractivity contribution in [2.75, 3.05) is 12.4 Å². The highest BCUT2D eigenvalue weighted by molar-refractivity contribution is 6.32. The minimum Gasteiger partial charge on any atom is -0.495 e. The molecule has 1 N–H and O–H groups in total. The minimum atomic E-state index is -0.208. The van der Waals surface area contributed by atoms with Gasteiger partial charge in [-0.3, -0.25) is 9.48 Å². The number of nitrogens with one attached hydrogen (secondary N) is 1. The lowest BCUT2D eigenvalue weighted by atomic mass is 10.1. The number of carbonyl (C=O) groups is 1. The van der Waals surface area contributed by atoms with Crippen LogP contribution in [-0.4, -0.2) is 22.8 Å². The normalized spacial score (nSPS) is 10.6. The number of amides is 1. The molecule has 0 aliphatic rings. The molecule has 6 heteroatoms. The SMILES string of the molecule is COc1ccc(NC(=O)c2c(C)nn(Cc3ccccc3)c2C)cc1Cl. The Bertz CT molecular complexity index is 936. The van der Waals surface area contributed by atoms with Crippen LogP contribution in [0.1, 0.15) is 27.3 Å². The Balaban J connectivity index is 1.82. The van der Waals surface area contributed by atoms with Gasteiger partial charge in [0.25, 0.3) is 5.91 Å². The maximum atomic E-state index is 12.7. The number of benzene rings is 2. The summed E-state index contributed by atoms with van der Waals surface area (Å²) in [5, 5.41) is 7.84. The van der Waals surface area contributed by atoms with E-state index < -0.39 is 0 Å². The van der Waals surface area contributed by atoms with Crippen LogP contribution in [0, 0.1) is 13.8 Å². The Hall–Kier alpha value is -2.79. The summed E-state index contributed by atoms with van der Waals surface area (Å²) in [6, 6.07) is 15.2. The fraction of sp³-hybridized carbons (Fsp3) is 0.200. The summed E-state index contributed by atoms with van der Waals surface area (Å²) in [7, 11) is 1.55. The van der Waals surface area contributed by atoms with E-state index in [1.807, 2.05) is 48.9 Å². The van der Waals surface area contributed by atoms with Gasteiger partial charge in [0, 0.05) is 11.4 Å². The third kappa shape index (κ3) is 3.73. The number of hydrogen-bond donors (Lipinski definition) is 1. The molecule has 0 aliphatic carbocycles. The lowest BCUT2D eigenvalue weighted by Gasteiger charge is -2.09. The number of methoxy groups -OCH3 is 1. The minimum absolute atomic E-state index is 0.208. The predicted molar refractivity (Wildman–Crippen MR) is 103 cm³/mol. The average molecular weight is 370 g/mol. The molecular formula is C20H20ClN3O2. The molecule has 2 aromatic carbocycles. The summed E-state index contributed by atoms with van der Waals surface area (Å²) in [6.07, 6.45) is 0. The van der Waals surface area contributed by atoms with Gasteiger partial charge in [-0.25, -0.2) is 0 Å². The van der Waals surface area contributed by atoms with E-state index >= 15 is 0 Å². The molecule has 5 nitrogen and oxygen atoms in total. The van der Waals surface area contributed by atoms with Crippen molar-refractivity contribution in [3.8, 4) is 5.75 Å². The molecule has 134 valence electrons. The van der Waals surface area contributed by atoms with Gasteiger partial charge in [-0.05, 0) is 37.6 Å². The first kappa shape index (κ1) is 18.0. The Morgan fingerprint density at radius 2 is 1.92 bits per heavy atom. The highest BCUT2D eigenvalue weighted by Gasteiger charge is 2.19. The maximum Gasteiger partial charge on any atom is 0.259 e. The van der Waals surface area contributed by atoms with E-state index in [4.69, 9.17) is 16.3 Å². The van der Waals surface area contributed by atoms with E-state index in [2.05, 4.69) is 10.4 Å². The quantitative estimate of drug-likeness (QED) is 0.722. The molecule has 26 heavy (non-hydrogen) atoms. The number of hydrogen-bond acceptors (Lipinski definition) is 3. The van der Waals surface area contributed by atoms with Crippen molar-refractivity contribution in [1.82, 2.24) is 9.78 Å². The summed E-state index contributed by atoms with van der Waals surface area (Å²) in [5.74, 6) is 0.355. The van der Waals surface area contributed by atoms with Gasteiger partial charge in [0.2, 0.25) is 0 Å². The lowest BCUT2D eigenvalue weighted by molar-refractivity contribution is 0.102. The molecule has 1 heterocycles. The van der Waals surface area contributed by atoms with E-state index in [1.54, 1.807) is 25.3 Å². The zero-order valence-electron chi connectivity index (χ0n) is 14.9. The molecule has 0 unspecified atom stereocenters. The number of rotatable bonds is 5. The van der Waals surface area contributed by atoms with E-state index in [1.165, 1.54) is 0 Å². The third-order valence-corrected chi connectivity index (χ3v) is 4.49. The number of carbonyl (C=O) groups excluding carboxylic acids is 1. The van der Waals surface area contributed by atoms with E-state index in [0.717, 1.165) is 11.3 Å². The number of aromatic nitrogens is 2. The molecular weight excluding hydrogens is 350 g/mol. The Kier molecular flexibility index (Phi) is 5.28. The molecule has 0 saturated heterocycles. The van der Waals surface area contributed by atoms with Crippen molar-refractivity contribution >= 4 is 23.2 Å². The second-order valence-corrected chi connectivity index (χ2v) is 6.40. The van der Waals surface area contributed by atoms with Gasteiger partial charge in [-0.2, -0.15) is 5.10 Å². The van der Waals surface area contributed by atoms with Gasteiger partial charge in [0.15, 0.2) is 0 Å². The van der Waals surface area contributed by atoms with Crippen molar-refractivity contribution in [3.05, 3.63) is 76.1 Å². The number of ether oxygens (including phenoxy) is 1. The van der Waals surface area contributed by atoms with Gasteiger partial charge >= 0.3 is 0 Å². The van der Waals surface area contributed by atoms with Crippen molar-refractivity contribution in [2.45, 2.75) is 20.4 Å². The molecule has 0 radical (unpaired) electrons. The van der Waals surface area contributed by atoms with Crippen LogP contribution in [0.3, 0.4) is 0 Å². The molecule has 0 fully saturated rings. The summed E-state index contributed by atoms with van der Waals surface area (Å²) < 4.78 is 6.98. The molecule has 1 aromatic heterocycles. The highest BCUT2D eigenvalue weighted by Crippen LogP contribution is 2.27. The monoisotopic (exact) mass is 369 g/mol. The topological polar surface area (TPSA) is 56.1 Å². The van der Waals surface area contributed by atoms with Gasteiger partial charge in [-0.15, -0.1) is 0 Å². The molecule has 3 aromatic rings. The summed E-state index contributed by atoms with van der Waals surface area (Å²) in [4.78, 5) is 12.7. The number of aryl methyl sites for hydroxylation is 1. The van der Waals surface area contributed by atoms with Crippen LogP contribution in [0.4, 0.5) is 5.69 Å². The lowest BCUT2D eigenvalue weighted by Crippen LogP contribution is -2.14. The summed E-state index contributed by atoms with van der Waals surface area (Å²) >= 11 is 6.12.